The molecule has 3 N–H and O–H groups in total. The van der Waals surface area contributed by atoms with E-state index in [1.165, 1.54) is 0 Å². The molecule has 2 unspecified atom stereocenters. The largest absolute Gasteiger partial charge is 0.481 e. The number of nitrogens with two attached hydrogens (primary N) is 1. The number of hydrogen-bond acceptors (Lipinski definition) is 3. The molecule has 0 aromatic heterocycles. The second kappa shape index (κ2) is 8.25. The van der Waals surface area contributed by atoms with Crippen molar-refractivity contribution in [2.45, 2.75) is 46.3 Å². The van der Waals surface area contributed by atoms with Crippen molar-refractivity contribution in [2.24, 2.45) is 11.7 Å². The molecular weight excluding hydrogens is 288 g/mol. The Balaban J connectivity index is 2.65. The Morgan fingerprint density at radius 2 is 2.00 bits per heavy atom. The minimum absolute atomic E-state index is 0.124. The summed E-state index contributed by atoms with van der Waals surface area (Å²) in [5, 5.41) is 3.47. The van der Waals surface area contributed by atoms with E-state index in [0.717, 1.165) is 12.0 Å². The van der Waals surface area contributed by atoms with Gasteiger partial charge in [0.15, 0.2) is 6.10 Å². The van der Waals surface area contributed by atoms with Crippen LogP contribution in [0, 0.1) is 5.92 Å². The lowest BCUT2D eigenvalue weighted by Crippen LogP contribution is -2.37. The molecule has 2 atom stereocenters. The molecule has 5 heteroatoms. The van der Waals surface area contributed by atoms with E-state index in [2.05, 4.69) is 19.2 Å². The summed E-state index contributed by atoms with van der Waals surface area (Å²) >= 11 is 5.97. The fraction of sp³-hybridized carbons (Fsp3) is 0.562. The number of halogens is 1. The normalized spacial score (nSPS) is 13.9. The summed E-state index contributed by atoms with van der Waals surface area (Å²) in [6.45, 7) is 8.48. The van der Waals surface area contributed by atoms with Gasteiger partial charge < -0.3 is 15.8 Å². The Hall–Kier alpha value is -1.26. The predicted octanol–water partition coefficient (Wildman–Crippen LogP) is 3.29. The average molecular weight is 313 g/mol. The molecule has 0 aliphatic carbocycles. The highest BCUT2D eigenvalue weighted by atomic mass is 35.5. The van der Waals surface area contributed by atoms with Crippen LogP contribution in [0.25, 0.3) is 0 Å². The van der Waals surface area contributed by atoms with Crippen molar-refractivity contribution in [2.75, 3.05) is 6.54 Å². The van der Waals surface area contributed by atoms with Crippen LogP contribution in [-0.2, 0) is 4.79 Å². The number of ether oxygens (including phenoxy) is 1. The van der Waals surface area contributed by atoms with Crippen molar-refractivity contribution in [3.8, 4) is 5.75 Å². The maximum atomic E-state index is 12.0. The second-order valence-electron chi connectivity index (χ2n) is 5.70. The minimum Gasteiger partial charge on any atom is -0.481 e. The fourth-order valence-corrected chi connectivity index (χ4v) is 2.03. The van der Waals surface area contributed by atoms with Gasteiger partial charge in [-0.15, -0.1) is 0 Å². The van der Waals surface area contributed by atoms with E-state index in [1.807, 2.05) is 6.92 Å². The summed E-state index contributed by atoms with van der Waals surface area (Å²) in [5.41, 5.74) is 6.71. The zero-order valence-electron chi connectivity index (χ0n) is 13.2. The third-order valence-corrected chi connectivity index (χ3v) is 3.39. The van der Waals surface area contributed by atoms with Gasteiger partial charge in [-0.25, -0.2) is 0 Å². The Labute approximate surface area is 132 Å². The van der Waals surface area contributed by atoms with Crippen LogP contribution >= 0.6 is 11.6 Å². The van der Waals surface area contributed by atoms with Gasteiger partial charge >= 0.3 is 0 Å². The maximum absolute atomic E-state index is 12.0. The molecule has 0 aliphatic heterocycles. The highest BCUT2D eigenvalue weighted by Crippen LogP contribution is 2.28. The molecule has 118 valence electrons. The number of hydrogen-bond donors (Lipinski definition) is 2. The summed E-state index contributed by atoms with van der Waals surface area (Å²) in [6.07, 6.45) is 0.376. The third-order valence-electron chi connectivity index (χ3n) is 3.16. The lowest BCUT2D eigenvalue weighted by molar-refractivity contribution is -0.127. The van der Waals surface area contributed by atoms with E-state index in [4.69, 9.17) is 22.1 Å². The molecule has 1 aromatic carbocycles. The Bertz CT molecular complexity index is 475. The van der Waals surface area contributed by atoms with Crippen LogP contribution < -0.4 is 15.8 Å². The number of carbonyl (C=O) groups is 1. The van der Waals surface area contributed by atoms with Crippen molar-refractivity contribution in [1.29, 1.82) is 0 Å². The molecule has 0 saturated carbocycles. The van der Waals surface area contributed by atoms with Crippen LogP contribution in [0.1, 0.15) is 45.7 Å². The van der Waals surface area contributed by atoms with Crippen LogP contribution in [-0.4, -0.2) is 18.6 Å². The summed E-state index contributed by atoms with van der Waals surface area (Å²) in [5.74, 6) is 1.03. The summed E-state index contributed by atoms with van der Waals surface area (Å²) in [7, 11) is 0. The zero-order chi connectivity index (χ0) is 16.0. The fourth-order valence-electron chi connectivity index (χ4n) is 1.85. The van der Waals surface area contributed by atoms with Crippen molar-refractivity contribution in [3.63, 3.8) is 0 Å². The molecule has 4 nitrogen and oxygen atoms in total. The number of rotatable bonds is 7. The van der Waals surface area contributed by atoms with Crippen LogP contribution in [0.4, 0.5) is 0 Å². The van der Waals surface area contributed by atoms with E-state index < -0.39 is 6.10 Å². The molecule has 0 spiro atoms. The number of carbonyl (C=O) groups excluding carboxylic acids is 1. The molecule has 1 amide bonds. The van der Waals surface area contributed by atoms with Gasteiger partial charge in [0, 0.05) is 23.2 Å². The molecule has 1 aromatic rings. The van der Waals surface area contributed by atoms with Crippen molar-refractivity contribution < 1.29 is 9.53 Å². The van der Waals surface area contributed by atoms with Gasteiger partial charge in [-0.05, 0) is 44.4 Å². The summed E-state index contributed by atoms with van der Waals surface area (Å²) < 4.78 is 5.73. The molecule has 0 bridgehead atoms. The molecule has 0 aliphatic rings. The highest BCUT2D eigenvalue weighted by Gasteiger charge is 2.17. The van der Waals surface area contributed by atoms with Crippen LogP contribution in [0.2, 0.25) is 5.02 Å². The first kappa shape index (κ1) is 17.8. The average Bonchev–Trinajstić information content (AvgIpc) is 2.39. The van der Waals surface area contributed by atoms with E-state index in [9.17, 15) is 4.79 Å². The predicted molar refractivity (Wildman–Crippen MR) is 86.6 cm³/mol. The van der Waals surface area contributed by atoms with E-state index in [-0.39, 0.29) is 11.9 Å². The van der Waals surface area contributed by atoms with E-state index in [1.54, 1.807) is 25.1 Å². The summed E-state index contributed by atoms with van der Waals surface area (Å²) in [4.78, 5) is 12.0. The second-order valence-corrected chi connectivity index (χ2v) is 6.14. The number of benzene rings is 1. The Morgan fingerprint density at radius 3 is 2.57 bits per heavy atom. The Morgan fingerprint density at radius 1 is 1.33 bits per heavy atom. The third kappa shape index (κ3) is 5.94. The van der Waals surface area contributed by atoms with E-state index >= 15 is 0 Å². The lowest BCUT2D eigenvalue weighted by Gasteiger charge is -2.19. The molecule has 21 heavy (non-hydrogen) atoms. The van der Waals surface area contributed by atoms with Crippen LogP contribution in [0.5, 0.6) is 5.75 Å². The molecule has 0 radical (unpaired) electrons. The first-order valence-corrected chi connectivity index (χ1v) is 7.68. The standard InChI is InChI=1S/C16H25ClN2O2/c1-10(2)7-8-19-16(20)12(4)21-15-6-5-13(17)9-14(15)11(3)18/h5-6,9-12H,7-8,18H2,1-4H3,(H,19,20). The molecular formula is C16H25ClN2O2. The van der Waals surface area contributed by atoms with Gasteiger partial charge in [-0.3, -0.25) is 4.79 Å². The topological polar surface area (TPSA) is 64.3 Å². The minimum atomic E-state index is -0.573. The van der Waals surface area contributed by atoms with Gasteiger partial charge in [-0.1, -0.05) is 25.4 Å². The van der Waals surface area contributed by atoms with Crippen LogP contribution in [0.15, 0.2) is 18.2 Å². The van der Waals surface area contributed by atoms with Crippen molar-refractivity contribution in [1.82, 2.24) is 5.32 Å². The van der Waals surface area contributed by atoms with Gasteiger partial charge in [0.1, 0.15) is 5.75 Å². The van der Waals surface area contributed by atoms with Crippen LogP contribution in [0.3, 0.4) is 0 Å². The molecule has 0 heterocycles. The molecule has 0 saturated heterocycles. The smallest absolute Gasteiger partial charge is 0.260 e. The number of amides is 1. The molecule has 0 fully saturated rings. The van der Waals surface area contributed by atoms with Gasteiger partial charge in [0.05, 0.1) is 0 Å². The molecule has 1 rings (SSSR count). The van der Waals surface area contributed by atoms with Gasteiger partial charge in [-0.2, -0.15) is 0 Å². The first-order valence-electron chi connectivity index (χ1n) is 7.30. The van der Waals surface area contributed by atoms with Crippen molar-refractivity contribution in [3.05, 3.63) is 28.8 Å². The lowest BCUT2D eigenvalue weighted by atomic mass is 10.1. The first-order chi connectivity index (χ1) is 9.81. The maximum Gasteiger partial charge on any atom is 0.260 e. The van der Waals surface area contributed by atoms with E-state index in [0.29, 0.717) is 23.2 Å². The van der Waals surface area contributed by atoms with Crippen molar-refractivity contribution >= 4 is 17.5 Å². The summed E-state index contributed by atoms with van der Waals surface area (Å²) in [6, 6.07) is 5.03. The van der Waals surface area contributed by atoms with Gasteiger partial charge in [0.25, 0.3) is 5.91 Å². The zero-order valence-corrected chi connectivity index (χ0v) is 13.9. The highest BCUT2D eigenvalue weighted by molar-refractivity contribution is 6.30. The number of nitrogens with one attached hydrogen (secondary N) is 1. The van der Waals surface area contributed by atoms with Gasteiger partial charge in [0.2, 0.25) is 0 Å². The Kier molecular flexibility index (Phi) is 6.99. The SMILES string of the molecule is CC(C)CCNC(=O)C(C)Oc1ccc(Cl)cc1C(C)N. The monoisotopic (exact) mass is 312 g/mol. The quantitative estimate of drug-likeness (QED) is 0.812.